The van der Waals surface area contributed by atoms with Crippen molar-refractivity contribution in [2.24, 2.45) is 17.8 Å². The van der Waals surface area contributed by atoms with Crippen LogP contribution in [0.15, 0.2) is 0 Å². The van der Waals surface area contributed by atoms with Gasteiger partial charge < -0.3 is 33.8 Å². The van der Waals surface area contributed by atoms with Crippen LogP contribution in [0.5, 0.6) is 0 Å². The largest absolute Gasteiger partial charge is 0.472 e. The Morgan fingerprint density at radius 1 is 0.274 bits per heavy atom. The van der Waals surface area contributed by atoms with Crippen LogP contribution in [0.2, 0.25) is 0 Å². The van der Waals surface area contributed by atoms with Crippen LogP contribution in [0.1, 0.15) is 459 Å². The first-order valence-corrected chi connectivity index (χ1v) is 47.9. The highest BCUT2D eigenvalue weighted by molar-refractivity contribution is 7.47. The van der Waals surface area contributed by atoms with Gasteiger partial charge in [0.05, 0.1) is 26.4 Å². The van der Waals surface area contributed by atoms with Crippen molar-refractivity contribution >= 4 is 39.5 Å². The zero-order valence-corrected chi connectivity index (χ0v) is 71.7. The smallest absolute Gasteiger partial charge is 0.462 e. The van der Waals surface area contributed by atoms with Crippen LogP contribution < -0.4 is 0 Å². The fourth-order valence-electron chi connectivity index (χ4n) is 13.5. The number of carbonyl (C=O) groups is 4. The lowest BCUT2D eigenvalue weighted by Gasteiger charge is -2.21. The van der Waals surface area contributed by atoms with Gasteiger partial charge >= 0.3 is 39.5 Å². The lowest BCUT2D eigenvalue weighted by Crippen LogP contribution is -2.30. The third-order valence-electron chi connectivity index (χ3n) is 20.7. The number of esters is 4. The normalized spacial score (nSPS) is 14.1. The molecule has 0 aliphatic heterocycles. The zero-order chi connectivity index (χ0) is 77.9. The van der Waals surface area contributed by atoms with E-state index in [4.69, 9.17) is 37.0 Å². The summed E-state index contributed by atoms with van der Waals surface area (Å²) in [6.45, 7) is 12.0. The highest BCUT2D eigenvalue weighted by Gasteiger charge is 2.31. The van der Waals surface area contributed by atoms with E-state index in [0.29, 0.717) is 25.7 Å². The van der Waals surface area contributed by atoms with Gasteiger partial charge in [0.25, 0.3) is 0 Å². The molecule has 0 heterocycles. The summed E-state index contributed by atoms with van der Waals surface area (Å²) in [5.41, 5.74) is 0. The molecule has 0 aromatic heterocycles. The summed E-state index contributed by atoms with van der Waals surface area (Å²) in [5.74, 6) is 0.211. The van der Waals surface area contributed by atoms with Crippen LogP contribution in [0.4, 0.5) is 0 Å². The van der Waals surface area contributed by atoms with Gasteiger partial charge in [-0.3, -0.25) is 37.3 Å². The van der Waals surface area contributed by atoms with Crippen molar-refractivity contribution in [1.29, 1.82) is 0 Å². The standard InChI is InChI=1S/C87H170O17P2/c1-8-10-11-12-13-14-15-16-17-18-19-20-21-22-27-30-33-36-39-49-56-63-70-86(91)103-82(74-97-84(89)68-61-54-47-38-35-32-29-26-24-23-25-28-31-34-37-44-51-58-65-78(3)4)76-101-105(93,94)99-72-81(88)73-100-106(95,96)102-77-83(75-98-85(90)69-62-55-48-42-40-45-52-59-66-79(5)6)104-87(92)71-64-57-50-43-41-46-53-60-67-80(7)9-2/h78-83,88H,8-77H2,1-7H3,(H,93,94)(H,95,96)/t80?,81-,82-,83-/m1/s1. The van der Waals surface area contributed by atoms with Crippen molar-refractivity contribution < 1.29 is 80.2 Å². The number of hydrogen-bond donors (Lipinski definition) is 3. The molecule has 0 fully saturated rings. The van der Waals surface area contributed by atoms with Crippen LogP contribution in [0.25, 0.3) is 0 Å². The molecule has 3 N–H and O–H groups in total. The van der Waals surface area contributed by atoms with Crippen LogP contribution in [0, 0.1) is 17.8 Å². The van der Waals surface area contributed by atoms with E-state index >= 15 is 0 Å². The Bertz CT molecular complexity index is 2050. The molecule has 0 amide bonds. The maximum Gasteiger partial charge on any atom is 0.472 e. The lowest BCUT2D eigenvalue weighted by atomic mass is 9.99. The van der Waals surface area contributed by atoms with Crippen molar-refractivity contribution in [1.82, 2.24) is 0 Å². The molecule has 0 aromatic rings. The number of aliphatic hydroxyl groups is 1. The van der Waals surface area contributed by atoms with E-state index in [1.807, 2.05) is 0 Å². The second kappa shape index (κ2) is 77.0. The molecule has 0 saturated carbocycles. The Morgan fingerprint density at radius 3 is 0.717 bits per heavy atom. The average molecular weight is 1550 g/mol. The Kier molecular flexibility index (Phi) is 75.6. The maximum absolute atomic E-state index is 13.2. The van der Waals surface area contributed by atoms with E-state index in [0.717, 1.165) is 108 Å². The zero-order valence-electron chi connectivity index (χ0n) is 69.9. The number of aliphatic hydroxyl groups excluding tert-OH is 1. The van der Waals surface area contributed by atoms with Gasteiger partial charge in [0.2, 0.25) is 0 Å². The van der Waals surface area contributed by atoms with Crippen LogP contribution >= 0.6 is 15.6 Å². The third kappa shape index (κ3) is 78.7. The molecule has 0 aliphatic carbocycles. The first-order valence-electron chi connectivity index (χ1n) is 44.9. The lowest BCUT2D eigenvalue weighted by molar-refractivity contribution is -0.161. The molecule has 0 spiro atoms. The van der Waals surface area contributed by atoms with E-state index in [1.165, 1.54) is 270 Å². The number of phosphoric ester groups is 2. The van der Waals surface area contributed by atoms with Crippen molar-refractivity contribution in [2.75, 3.05) is 39.6 Å². The molecule has 630 valence electrons. The van der Waals surface area contributed by atoms with Crippen molar-refractivity contribution in [3.63, 3.8) is 0 Å². The predicted octanol–water partition coefficient (Wildman–Crippen LogP) is 26.5. The fourth-order valence-corrected chi connectivity index (χ4v) is 15.1. The molecule has 0 radical (unpaired) electrons. The molecular weight excluding hydrogens is 1380 g/mol. The minimum atomic E-state index is -4.97. The number of phosphoric acid groups is 2. The number of carbonyl (C=O) groups excluding carboxylic acids is 4. The molecular formula is C87H170O17P2. The SMILES string of the molecule is CCCCCCCCCCCCCCCCCCCCCCCCC(=O)O[C@H](COC(=O)CCCCCCCCCCCCCCCCCCCCC(C)C)COP(=O)(O)OC[C@@H](O)COP(=O)(O)OC[C@@H](COC(=O)CCCCCCCCCCC(C)C)OC(=O)CCCCCCCCCCC(C)CC. The van der Waals surface area contributed by atoms with Gasteiger partial charge in [0, 0.05) is 25.7 Å². The van der Waals surface area contributed by atoms with E-state index in [9.17, 15) is 43.2 Å². The minimum absolute atomic E-state index is 0.105. The molecule has 3 unspecified atom stereocenters. The van der Waals surface area contributed by atoms with Gasteiger partial charge in [-0.25, -0.2) is 9.13 Å². The number of rotatable bonds is 85. The average Bonchev–Trinajstić information content (AvgIpc) is 0.910. The van der Waals surface area contributed by atoms with E-state index < -0.39 is 97.5 Å². The number of unbranched alkanes of at least 4 members (excludes halogenated alkanes) is 52. The second-order valence-electron chi connectivity index (χ2n) is 32.5. The summed E-state index contributed by atoms with van der Waals surface area (Å²) in [4.78, 5) is 73.2. The molecule has 0 aromatic carbocycles. The van der Waals surface area contributed by atoms with Crippen molar-refractivity contribution in [3.8, 4) is 0 Å². The molecule has 6 atom stereocenters. The van der Waals surface area contributed by atoms with Crippen molar-refractivity contribution in [3.05, 3.63) is 0 Å². The van der Waals surface area contributed by atoms with Crippen LogP contribution in [-0.4, -0.2) is 96.7 Å². The summed E-state index contributed by atoms with van der Waals surface area (Å²) in [6, 6.07) is 0. The molecule has 0 rings (SSSR count). The predicted molar refractivity (Wildman–Crippen MR) is 437 cm³/mol. The summed E-state index contributed by atoms with van der Waals surface area (Å²) < 4.78 is 68.9. The van der Waals surface area contributed by atoms with Gasteiger partial charge in [-0.2, -0.15) is 0 Å². The summed E-state index contributed by atoms with van der Waals surface area (Å²) in [6.07, 6.45) is 68.3. The van der Waals surface area contributed by atoms with E-state index in [1.54, 1.807) is 0 Å². The van der Waals surface area contributed by atoms with E-state index in [-0.39, 0.29) is 25.7 Å². The Morgan fingerprint density at radius 2 is 0.481 bits per heavy atom. The minimum Gasteiger partial charge on any atom is -0.462 e. The Balaban J connectivity index is 5.21. The highest BCUT2D eigenvalue weighted by atomic mass is 31.2. The molecule has 0 bridgehead atoms. The van der Waals surface area contributed by atoms with Crippen molar-refractivity contribution in [2.45, 2.75) is 478 Å². The molecule has 17 nitrogen and oxygen atoms in total. The van der Waals surface area contributed by atoms with Gasteiger partial charge in [0.1, 0.15) is 19.3 Å². The summed E-state index contributed by atoms with van der Waals surface area (Å²) in [7, 11) is -9.93. The van der Waals surface area contributed by atoms with Gasteiger partial charge in [-0.1, -0.05) is 408 Å². The number of ether oxygens (including phenoxy) is 4. The highest BCUT2D eigenvalue weighted by Crippen LogP contribution is 2.45. The fraction of sp³-hybridized carbons (Fsp3) is 0.954. The summed E-state index contributed by atoms with van der Waals surface area (Å²) in [5, 5.41) is 10.7. The number of hydrogen-bond acceptors (Lipinski definition) is 15. The third-order valence-corrected chi connectivity index (χ3v) is 22.6. The van der Waals surface area contributed by atoms with Crippen LogP contribution in [-0.2, 0) is 65.4 Å². The summed E-state index contributed by atoms with van der Waals surface area (Å²) >= 11 is 0. The monoisotopic (exact) mass is 1550 g/mol. The molecule has 19 heteroatoms. The van der Waals surface area contributed by atoms with Gasteiger partial charge in [-0.15, -0.1) is 0 Å². The Hall–Kier alpha value is -1.94. The van der Waals surface area contributed by atoms with Crippen LogP contribution in [0.3, 0.4) is 0 Å². The second-order valence-corrected chi connectivity index (χ2v) is 35.4. The van der Waals surface area contributed by atoms with Gasteiger partial charge in [0.15, 0.2) is 12.2 Å². The topological polar surface area (TPSA) is 237 Å². The quantitative estimate of drug-likeness (QED) is 0.0222. The Labute approximate surface area is 651 Å². The molecule has 106 heavy (non-hydrogen) atoms. The maximum atomic E-state index is 13.2. The molecule has 0 aliphatic rings. The van der Waals surface area contributed by atoms with E-state index in [2.05, 4.69) is 48.5 Å². The van der Waals surface area contributed by atoms with Gasteiger partial charge in [-0.05, 0) is 43.4 Å². The first kappa shape index (κ1) is 104. The molecule has 0 saturated heterocycles. The first-order chi connectivity index (χ1) is 51.3.